The molecule has 0 atom stereocenters. The summed E-state index contributed by atoms with van der Waals surface area (Å²) in [5, 5.41) is 28.4. The molecule has 0 saturated heterocycles. The highest BCUT2D eigenvalue weighted by molar-refractivity contribution is 7.86. The first-order valence-electron chi connectivity index (χ1n) is 18.3. The number of rotatable bonds is 10. The van der Waals surface area contributed by atoms with E-state index >= 15 is 0 Å². The fourth-order valence-electron chi connectivity index (χ4n) is 6.83. The lowest BCUT2D eigenvalue weighted by Gasteiger charge is -2.26. The van der Waals surface area contributed by atoms with Gasteiger partial charge in [-0.15, -0.1) is 10.2 Å². The maximum absolute atomic E-state index is 12.1. The number of pyridine rings is 1. The van der Waals surface area contributed by atoms with Gasteiger partial charge in [0.15, 0.2) is 16.8 Å². The van der Waals surface area contributed by atoms with Crippen LogP contribution in [0.3, 0.4) is 0 Å². The first-order valence-corrected chi connectivity index (χ1v) is 22.8. The molecule has 20 heteroatoms. The van der Waals surface area contributed by atoms with E-state index in [1.807, 2.05) is 82.0 Å². The first kappa shape index (κ1) is 41.3. The van der Waals surface area contributed by atoms with Crippen molar-refractivity contribution in [3.63, 3.8) is 0 Å². The Labute approximate surface area is 358 Å². The molecule has 61 heavy (non-hydrogen) atoms. The van der Waals surface area contributed by atoms with E-state index in [0.29, 0.717) is 54.1 Å². The van der Waals surface area contributed by atoms with Gasteiger partial charge in [-0.1, -0.05) is 59.1 Å². The van der Waals surface area contributed by atoms with Gasteiger partial charge in [-0.05, 0) is 112 Å². The zero-order valence-corrected chi connectivity index (χ0v) is 36.5. The molecule has 0 bridgehead atoms. The topological polar surface area (TPSA) is 229 Å². The molecule has 16 nitrogen and oxygen atoms in total. The molecule has 0 amide bonds. The number of para-hydroxylation sites is 2. The summed E-state index contributed by atoms with van der Waals surface area (Å²) in [7, 11) is -8.93. The van der Waals surface area contributed by atoms with Crippen LogP contribution in [-0.2, 0) is 20.2 Å². The maximum Gasteiger partial charge on any atom is 0.294 e. The van der Waals surface area contributed by atoms with Gasteiger partial charge in [-0.3, -0.25) is 14.0 Å². The SMILES string of the molecule is Cc1cc(N(c2nc3ccc(S(=O)(=O)O)cc3s2)c2c(C)cccc2C)nc(Nc2c(C)cccc2C)c1N=Nc1c(C#N)c(C)nn1-c1nc2ccc(S(=O)(=O)O)cc2s1. The fraction of sp³-hybridized carbons (Fsp3) is 0.146. The molecule has 8 aromatic rings. The predicted octanol–water partition coefficient (Wildman–Crippen LogP) is 10.3. The van der Waals surface area contributed by atoms with E-state index < -0.39 is 20.2 Å². The number of nitriles is 1. The number of nitrogens with zero attached hydrogens (tertiary/aromatic N) is 9. The van der Waals surface area contributed by atoms with E-state index in [9.17, 15) is 31.2 Å². The predicted molar refractivity (Wildman–Crippen MR) is 236 cm³/mol. The van der Waals surface area contributed by atoms with Crippen LogP contribution in [0.25, 0.3) is 25.6 Å². The maximum atomic E-state index is 12.1. The van der Waals surface area contributed by atoms with Crippen LogP contribution in [0.15, 0.2) is 98.9 Å². The molecule has 4 heterocycles. The first-order chi connectivity index (χ1) is 28.9. The van der Waals surface area contributed by atoms with Crippen LogP contribution in [-0.4, -0.2) is 50.7 Å². The third-order valence-corrected chi connectivity index (χ3v) is 13.5. The number of benzene rings is 4. The van der Waals surface area contributed by atoms with Crippen LogP contribution in [0, 0.1) is 52.9 Å². The van der Waals surface area contributed by atoms with E-state index in [1.54, 1.807) is 13.0 Å². The Balaban J connectivity index is 1.32. The van der Waals surface area contributed by atoms with Crippen LogP contribution in [0.4, 0.5) is 39.6 Å². The molecule has 4 aromatic carbocycles. The van der Waals surface area contributed by atoms with Crippen molar-refractivity contribution in [2.24, 2.45) is 10.2 Å². The van der Waals surface area contributed by atoms with Gasteiger partial charge < -0.3 is 5.32 Å². The molecule has 0 aliphatic heterocycles. The number of fused-ring (bicyclic) bond motifs is 2. The number of hydrogen-bond donors (Lipinski definition) is 3. The van der Waals surface area contributed by atoms with Gasteiger partial charge >= 0.3 is 0 Å². The van der Waals surface area contributed by atoms with E-state index in [2.05, 4.69) is 26.6 Å². The quantitative estimate of drug-likeness (QED) is 0.0858. The number of aryl methyl sites for hydroxylation is 6. The van der Waals surface area contributed by atoms with Crippen molar-refractivity contribution in [1.29, 1.82) is 5.26 Å². The van der Waals surface area contributed by atoms with E-state index in [0.717, 1.165) is 45.0 Å². The van der Waals surface area contributed by atoms with Crippen molar-refractivity contribution in [2.75, 3.05) is 10.2 Å². The summed E-state index contributed by atoms with van der Waals surface area (Å²) in [5.41, 5.74) is 7.74. The lowest BCUT2D eigenvalue weighted by atomic mass is 10.1. The van der Waals surface area contributed by atoms with Gasteiger partial charge in [-0.2, -0.15) is 31.9 Å². The van der Waals surface area contributed by atoms with Crippen LogP contribution in [0.2, 0.25) is 0 Å². The highest BCUT2D eigenvalue weighted by Crippen LogP contribution is 2.45. The average molecular weight is 891 g/mol. The summed E-state index contributed by atoms with van der Waals surface area (Å²) < 4.78 is 69.6. The minimum atomic E-state index is -4.47. The van der Waals surface area contributed by atoms with Crippen molar-refractivity contribution in [3.05, 3.63) is 118 Å². The minimum absolute atomic E-state index is 0.0754. The van der Waals surface area contributed by atoms with Crippen molar-refractivity contribution in [3.8, 4) is 11.2 Å². The van der Waals surface area contributed by atoms with Crippen LogP contribution < -0.4 is 10.2 Å². The van der Waals surface area contributed by atoms with Crippen molar-refractivity contribution >= 4 is 103 Å². The fourth-order valence-corrected chi connectivity index (χ4v) is 9.98. The summed E-state index contributed by atoms with van der Waals surface area (Å²) in [6.45, 7) is 11.4. The number of aromatic nitrogens is 5. The second kappa shape index (κ2) is 15.5. The zero-order chi connectivity index (χ0) is 43.5. The van der Waals surface area contributed by atoms with Gasteiger partial charge in [0.25, 0.3) is 20.2 Å². The van der Waals surface area contributed by atoms with Crippen LogP contribution in [0.5, 0.6) is 0 Å². The standard InChI is InChI=1S/C41H34N10O6S4/c1-21-9-7-10-22(2)35(21)46-38-36(47-48-39-29(20-42)26(6)49-51(39)41-44-31-16-14-28(61(55,56)57)19-33(31)59-41)25(5)17-34(45-38)50(37-23(3)11-8-12-24(37)4)40-43-30-15-13-27(60(52,53)54)18-32(30)58-40/h7-19H,1-6H3,(H,45,46)(H,52,53,54)(H,55,56,57). The number of anilines is 5. The molecule has 0 unspecified atom stereocenters. The number of nitrogens with one attached hydrogen (secondary N) is 1. The molecule has 8 rings (SSSR count). The molecular formula is C41H34N10O6S4. The lowest BCUT2D eigenvalue weighted by Crippen LogP contribution is -2.15. The van der Waals surface area contributed by atoms with E-state index in [1.165, 1.54) is 46.4 Å². The molecule has 4 aromatic heterocycles. The summed E-state index contributed by atoms with van der Waals surface area (Å²) in [6, 6.07) is 24.1. The third kappa shape index (κ3) is 7.85. The van der Waals surface area contributed by atoms with Gasteiger partial charge in [0.1, 0.15) is 23.1 Å². The Morgan fingerprint density at radius 3 is 1.89 bits per heavy atom. The summed E-state index contributed by atoms with van der Waals surface area (Å²) in [6.07, 6.45) is 0. The lowest BCUT2D eigenvalue weighted by molar-refractivity contribution is 0.481. The number of azo groups is 1. The van der Waals surface area contributed by atoms with E-state index in [4.69, 9.17) is 15.1 Å². The van der Waals surface area contributed by atoms with Gasteiger partial charge in [0, 0.05) is 5.69 Å². The number of hydrogen-bond acceptors (Lipinski definition) is 15. The summed E-state index contributed by atoms with van der Waals surface area (Å²) in [4.78, 5) is 16.1. The Hall–Kier alpha value is -6.47. The summed E-state index contributed by atoms with van der Waals surface area (Å²) in [5.74, 6) is 0.849. The van der Waals surface area contributed by atoms with Gasteiger partial charge in [-0.25, -0.2) is 15.0 Å². The molecule has 0 aliphatic rings. The normalized spacial score (nSPS) is 12.1. The number of thiazole rings is 2. The Bertz CT molecular complexity index is 3360. The minimum Gasteiger partial charge on any atom is -0.338 e. The van der Waals surface area contributed by atoms with Crippen LogP contribution in [0.1, 0.15) is 39.1 Å². The van der Waals surface area contributed by atoms with Gasteiger partial charge in [0.05, 0.1) is 41.6 Å². The second-order valence-corrected chi connectivity index (χ2v) is 19.0. The van der Waals surface area contributed by atoms with E-state index in [-0.39, 0.29) is 26.3 Å². The Morgan fingerprint density at radius 2 is 1.30 bits per heavy atom. The zero-order valence-electron chi connectivity index (χ0n) is 33.2. The monoisotopic (exact) mass is 890 g/mol. The molecule has 0 spiro atoms. The van der Waals surface area contributed by atoms with Crippen molar-refractivity contribution in [2.45, 2.75) is 51.3 Å². The highest BCUT2D eigenvalue weighted by Gasteiger charge is 2.26. The third-order valence-electron chi connectivity index (χ3n) is 9.84. The largest absolute Gasteiger partial charge is 0.338 e. The average Bonchev–Trinajstić information content (AvgIpc) is 3.90. The Morgan fingerprint density at radius 1 is 0.721 bits per heavy atom. The second-order valence-electron chi connectivity index (χ2n) is 14.2. The smallest absolute Gasteiger partial charge is 0.294 e. The molecule has 0 saturated carbocycles. The molecule has 0 fully saturated rings. The van der Waals surface area contributed by atoms with Crippen molar-refractivity contribution in [1.82, 2.24) is 24.7 Å². The van der Waals surface area contributed by atoms with Crippen molar-refractivity contribution < 1.29 is 25.9 Å². The Kier molecular flexibility index (Phi) is 10.5. The molecular weight excluding hydrogens is 857 g/mol. The van der Waals surface area contributed by atoms with Gasteiger partial charge in [0.2, 0.25) is 5.13 Å². The summed E-state index contributed by atoms with van der Waals surface area (Å²) >= 11 is 2.33. The molecule has 308 valence electrons. The molecule has 3 N–H and O–H groups in total. The highest BCUT2D eigenvalue weighted by atomic mass is 32.2. The molecule has 0 aliphatic carbocycles. The molecule has 0 radical (unpaired) electrons. The van der Waals surface area contributed by atoms with Crippen LogP contribution >= 0.6 is 22.7 Å².